The summed E-state index contributed by atoms with van der Waals surface area (Å²) in [6.45, 7) is 3.28. The van der Waals surface area contributed by atoms with Gasteiger partial charge in [0.15, 0.2) is 0 Å². The number of likely N-dealkylation sites (tertiary alicyclic amines) is 1. The molecule has 0 saturated carbocycles. The molecule has 4 N–H and O–H groups in total. The van der Waals surface area contributed by atoms with Gasteiger partial charge in [0, 0.05) is 13.1 Å². The summed E-state index contributed by atoms with van der Waals surface area (Å²) < 4.78 is 0. The maximum absolute atomic E-state index is 5.43. The number of hydrogen-bond donors (Lipinski definition) is 3. The van der Waals surface area contributed by atoms with Crippen LogP contribution in [0.5, 0.6) is 0 Å². The molecule has 2 rings (SSSR count). The van der Waals surface area contributed by atoms with Crippen molar-refractivity contribution in [2.24, 2.45) is 5.92 Å². The van der Waals surface area contributed by atoms with Gasteiger partial charge in [-0.25, -0.2) is 5.10 Å². The molecule has 15 heavy (non-hydrogen) atoms. The highest BCUT2D eigenvalue weighted by Crippen LogP contribution is 2.15. The molecular weight excluding hydrogens is 192 g/mol. The predicted octanol–water partition coefficient (Wildman–Crippen LogP) is 0.141. The molecule has 0 spiro atoms. The third-order valence-electron chi connectivity index (χ3n) is 2.77. The maximum Gasteiger partial charge on any atom is 0.243 e. The normalized spacial score (nSPS) is 22.9. The average molecular weight is 210 g/mol. The number of nitrogens with one attached hydrogen (secondary N) is 2. The molecule has 1 aliphatic rings. The number of H-pyrrole nitrogens is 1. The standard InChI is InChI=1S/C9H18N6/c1-15-4-2-3-7(6-15)5-11-9-12-8(10)13-14-9/h7H,2-6H2,1H3,(H4,10,11,12,13,14). The van der Waals surface area contributed by atoms with Crippen LogP contribution in [0.4, 0.5) is 11.9 Å². The van der Waals surface area contributed by atoms with Gasteiger partial charge in [0.05, 0.1) is 0 Å². The van der Waals surface area contributed by atoms with E-state index in [1.807, 2.05) is 0 Å². The minimum atomic E-state index is 0.360. The molecule has 84 valence electrons. The van der Waals surface area contributed by atoms with Crippen molar-refractivity contribution >= 4 is 11.9 Å². The molecule has 1 aromatic heterocycles. The van der Waals surface area contributed by atoms with E-state index < -0.39 is 0 Å². The Morgan fingerprint density at radius 3 is 3.20 bits per heavy atom. The predicted molar refractivity (Wildman–Crippen MR) is 59.5 cm³/mol. The summed E-state index contributed by atoms with van der Waals surface area (Å²) in [4.78, 5) is 6.36. The van der Waals surface area contributed by atoms with Crippen LogP contribution in [0, 0.1) is 5.92 Å². The van der Waals surface area contributed by atoms with Gasteiger partial charge in [-0.15, -0.1) is 5.10 Å². The van der Waals surface area contributed by atoms with Crippen molar-refractivity contribution in [2.75, 3.05) is 37.7 Å². The van der Waals surface area contributed by atoms with Crippen LogP contribution in [-0.4, -0.2) is 46.8 Å². The second-order valence-corrected chi connectivity index (χ2v) is 4.20. The van der Waals surface area contributed by atoms with Crippen molar-refractivity contribution < 1.29 is 0 Å². The van der Waals surface area contributed by atoms with Crippen LogP contribution in [0.25, 0.3) is 0 Å². The number of aromatic nitrogens is 3. The van der Waals surface area contributed by atoms with Gasteiger partial charge in [0.1, 0.15) is 0 Å². The van der Waals surface area contributed by atoms with Gasteiger partial charge < -0.3 is 16.0 Å². The second kappa shape index (κ2) is 4.48. The molecule has 0 bridgehead atoms. The SMILES string of the molecule is CN1CCCC(CNc2n[nH]c(N)n2)C1. The van der Waals surface area contributed by atoms with E-state index in [0.717, 1.165) is 13.1 Å². The van der Waals surface area contributed by atoms with Crippen molar-refractivity contribution in [1.29, 1.82) is 0 Å². The smallest absolute Gasteiger partial charge is 0.243 e. The molecule has 2 heterocycles. The van der Waals surface area contributed by atoms with Crippen molar-refractivity contribution in [3.05, 3.63) is 0 Å². The Balaban J connectivity index is 1.77. The van der Waals surface area contributed by atoms with Gasteiger partial charge in [0.2, 0.25) is 11.9 Å². The first-order valence-electron chi connectivity index (χ1n) is 5.34. The van der Waals surface area contributed by atoms with E-state index in [1.165, 1.54) is 19.4 Å². The first-order valence-corrected chi connectivity index (χ1v) is 5.34. The van der Waals surface area contributed by atoms with Crippen LogP contribution in [0.2, 0.25) is 0 Å². The zero-order chi connectivity index (χ0) is 10.7. The Bertz CT molecular complexity index is 309. The summed E-state index contributed by atoms with van der Waals surface area (Å²) in [7, 11) is 2.16. The van der Waals surface area contributed by atoms with E-state index in [1.54, 1.807) is 0 Å². The summed E-state index contributed by atoms with van der Waals surface area (Å²) in [5.41, 5.74) is 5.43. The minimum Gasteiger partial charge on any atom is -0.368 e. The lowest BCUT2D eigenvalue weighted by atomic mass is 9.99. The van der Waals surface area contributed by atoms with E-state index in [-0.39, 0.29) is 0 Å². The Kier molecular flexibility index (Phi) is 3.05. The van der Waals surface area contributed by atoms with Gasteiger partial charge in [0.25, 0.3) is 0 Å². The number of nitrogens with two attached hydrogens (primary N) is 1. The number of nitrogen functional groups attached to an aromatic ring is 1. The zero-order valence-corrected chi connectivity index (χ0v) is 9.03. The van der Waals surface area contributed by atoms with Crippen molar-refractivity contribution in [1.82, 2.24) is 20.1 Å². The number of anilines is 2. The van der Waals surface area contributed by atoms with Gasteiger partial charge in [-0.05, 0) is 32.4 Å². The Labute approximate surface area is 89.2 Å². The van der Waals surface area contributed by atoms with E-state index in [2.05, 4.69) is 32.4 Å². The minimum absolute atomic E-state index is 0.360. The first kappa shape index (κ1) is 10.2. The summed E-state index contributed by atoms with van der Waals surface area (Å²) >= 11 is 0. The topological polar surface area (TPSA) is 82.9 Å². The number of nitrogens with zero attached hydrogens (tertiary/aromatic N) is 3. The van der Waals surface area contributed by atoms with Crippen molar-refractivity contribution in [2.45, 2.75) is 12.8 Å². The second-order valence-electron chi connectivity index (χ2n) is 4.20. The summed E-state index contributed by atoms with van der Waals surface area (Å²) in [6, 6.07) is 0. The monoisotopic (exact) mass is 210 g/mol. The van der Waals surface area contributed by atoms with Crippen molar-refractivity contribution in [3.63, 3.8) is 0 Å². The molecule has 0 radical (unpaired) electrons. The third kappa shape index (κ3) is 2.82. The number of rotatable bonds is 3. The van der Waals surface area contributed by atoms with E-state index in [9.17, 15) is 0 Å². The quantitative estimate of drug-likeness (QED) is 0.661. The lowest BCUT2D eigenvalue weighted by Gasteiger charge is -2.29. The molecule has 1 aromatic rings. The van der Waals surface area contributed by atoms with Crippen LogP contribution >= 0.6 is 0 Å². The number of hydrogen-bond acceptors (Lipinski definition) is 5. The van der Waals surface area contributed by atoms with Gasteiger partial charge in [-0.3, -0.25) is 0 Å². The first-order chi connectivity index (χ1) is 7.24. The molecule has 1 fully saturated rings. The molecule has 1 unspecified atom stereocenters. The molecule has 0 aliphatic carbocycles. The lowest BCUT2D eigenvalue weighted by molar-refractivity contribution is 0.217. The summed E-state index contributed by atoms with van der Waals surface area (Å²) in [6.07, 6.45) is 2.55. The van der Waals surface area contributed by atoms with E-state index in [0.29, 0.717) is 17.8 Å². The molecular formula is C9H18N6. The van der Waals surface area contributed by atoms with Crippen LogP contribution in [-0.2, 0) is 0 Å². The Morgan fingerprint density at radius 1 is 1.67 bits per heavy atom. The zero-order valence-electron chi connectivity index (χ0n) is 9.03. The maximum atomic E-state index is 5.43. The average Bonchev–Trinajstić information content (AvgIpc) is 2.62. The largest absolute Gasteiger partial charge is 0.368 e. The van der Waals surface area contributed by atoms with Gasteiger partial charge in [-0.1, -0.05) is 0 Å². The number of piperidine rings is 1. The molecule has 1 saturated heterocycles. The fourth-order valence-corrected chi connectivity index (χ4v) is 2.03. The highest BCUT2D eigenvalue weighted by molar-refractivity contribution is 5.29. The molecule has 0 aromatic carbocycles. The van der Waals surface area contributed by atoms with Crippen LogP contribution in [0.15, 0.2) is 0 Å². The highest BCUT2D eigenvalue weighted by Gasteiger charge is 2.17. The fourth-order valence-electron chi connectivity index (χ4n) is 2.03. The molecule has 0 amide bonds. The Morgan fingerprint density at radius 2 is 2.53 bits per heavy atom. The highest BCUT2D eigenvalue weighted by atomic mass is 15.3. The fraction of sp³-hybridized carbons (Fsp3) is 0.778. The summed E-state index contributed by atoms with van der Waals surface area (Å²) in [5, 5.41) is 9.74. The van der Waals surface area contributed by atoms with Crippen LogP contribution in [0.1, 0.15) is 12.8 Å². The third-order valence-corrected chi connectivity index (χ3v) is 2.77. The molecule has 1 aliphatic heterocycles. The van der Waals surface area contributed by atoms with Crippen molar-refractivity contribution in [3.8, 4) is 0 Å². The molecule has 1 atom stereocenters. The Hall–Kier alpha value is -1.30. The van der Waals surface area contributed by atoms with E-state index >= 15 is 0 Å². The lowest BCUT2D eigenvalue weighted by Crippen LogP contribution is -2.35. The van der Waals surface area contributed by atoms with Gasteiger partial charge >= 0.3 is 0 Å². The summed E-state index contributed by atoms with van der Waals surface area (Å²) in [5.74, 6) is 1.64. The van der Waals surface area contributed by atoms with E-state index in [4.69, 9.17) is 5.73 Å². The van der Waals surface area contributed by atoms with Crippen LogP contribution in [0.3, 0.4) is 0 Å². The molecule has 6 heteroatoms. The molecule has 6 nitrogen and oxygen atoms in total. The van der Waals surface area contributed by atoms with Crippen LogP contribution < -0.4 is 11.1 Å². The number of aromatic amines is 1. The van der Waals surface area contributed by atoms with Gasteiger partial charge in [-0.2, -0.15) is 4.98 Å².